The third-order valence-corrected chi connectivity index (χ3v) is 11.2. The van der Waals surface area contributed by atoms with Gasteiger partial charge in [0, 0.05) is 24.3 Å². The molecule has 2 heterocycles. The molecule has 2 aliphatic carbocycles. The lowest BCUT2D eigenvalue weighted by molar-refractivity contribution is -0.138. The van der Waals surface area contributed by atoms with E-state index in [4.69, 9.17) is 27.9 Å². The van der Waals surface area contributed by atoms with Crippen LogP contribution in [0.4, 0.5) is 17.1 Å². The third kappa shape index (κ3) is 4.06. The molecule has 4 aliphatic rings. The zero-order valence-corrected chi connectivity index (χ0v) is 25.9. The number of hydrogen-bond donors (Lipinski definition) is 2. The van der Waals surface area contributed by atoms with Crippen molar-refractivity contribution in [2.75, 3.05) is 24.4 Å². The number of benzene rings is 3. The molecule has 6 unspecified atom stereocenters. The first-order valence-corrected chi connectivity index (χ1v) is 15.3. The number of phenolic OH excluding ortho intramolecular Hbond substituents is 1. The van der Waals surface area contributed by atoms with Crippen LogP contribution in [-0.4, -0.2) is 57.5 Å². The van der Waals surface area contributed by atoms with Gasteiger partial charge in [-0.1, -0.05) is 35.9 Å². The van der Waals surface area contributed by atoms with Crippen LogP contribution in [0.1, 0.15) is 24.3 Å². The lowest BCUT2D eigenvalue weighted by Crippen LogP contribution is -2.60. The van der Waals surface area contributed by atoms with Gasteiger partial charge in [-0.25, -0.2) is 0 Å². The summed E-state index contributed by atoms with van der Waals surface area (Å²) >= 11 is 14.4. The standard InChI is InChI=1S/C34H29Cl2N3O6/c1-38-31(43)33(35)17-24-22(28(34(33,36)32(38)44)18-8-15-26(45-2)25(40)16-18)13-14-23-27(24)30(42)39(29(23)41)21-11-9-20(10-12-21)37-19-6-4-3-5-7-19/h3-13,15-16,23-24,27-28,37,40H,14,17H2,1-2H3. The molecule has 6 atom stereocenters. The highest BCUT2D eigenvalue weighted by Gasteiger charge is 2.75. The van der Waals surface area contributed by atoms with Crippen LogP contribution in [-0.2, 0) is 19.2 Å². The Balaban J connectivity index is 1.27. The molecule has 0 aromatic heterocycles. The summed E-state index contributed by atoms with van der Waals surface area (Å²) in [5, 5.41) is 14.0. The molecular weight excluding hydrogens is 617 g/mol. The number of aromatic hydroxyl groups is 1. The van der Waals surface area contributed by atoms with E-state index in [1.807, 2.05) is 36.4 Å². The highest BCUT2D eigenvalue weighted by Crippen LogP contribution is 2.65. The quantitative estimate of drug-likeness (QED) is 0.219. The molecule has 230 valence electrons. The van der Waals surface area contributed by atoms with E-state index in [-0.39, 0.29) is 30.2 Å². The first kappa shape index (κ1) is 29.4. The summed E-state index contributed by atoms with van der Waals surface area (Å²) in [6.45, 7) is 0. The number of phenols is 1. The number of nitrogens with one attached hydrogen (secondary N) is 1. The largest absolute Gasteiger partial charge is 0.504 e. The molecule has 3 aromatic rings. The third-order valence-electron chi connectivity index (χ3n) is 9.74. The van der Waals surface area contributed by atoms with Crippen molar-refractivity contribution >= 4 is 63.9 Å². The van der Waals surface area contributed by atoms with Crippen molar-refractivity contribution in [2.24, 2.45) is 17.8 Å². The van der Waals surface area contributed by atoms with Gasteiger partial charge in [-0.2, -0.15) is 0 Å². The summed E-state index contributed by atoms with van der Waals surface area (Å²) in [6.07, 6.45) is 1.99. The number of alkyl halides is 2. The van der Waals surface area contributed by atoms with E-state index in [1.54, 1.807) is 36.4 Å². The van der Waals surface area contributed by atoms with Crippen molar-refractivity contribution in [1.29, 1.82) is 0 Å². The second-order valence-corrected chi connectivity index (χ2v) is 13.2. The van der Waals surface area contributed by atoms with E-state index in [2.05, 4.69) is 5.32 Å². The van der Waals surface area contributed by atoms with Crippen LogP contribution < -0.4 is 15.0 Å². The lowest BCUT2D eigenvalue weighted by Gasteiger charge is -2.50. The number of likely N-dealkylation sites (tertiary alicyclic amines) is 1. The van der Waals surface area contributed by atoms with Gasteiger partial charge < -0.3 is 15.2 Å². The Morgan fingerprint density at radius 1 is 0.889 bits per heavy atom. The summed E-state index contributed by atoms with van der Waals surface area (Å²) < 4.78 is 5.21. The van der Waals surface area contributed by atoms with Crippen molar-refractivity contribution in [1.82, 2.24) is 4.90 Å². The SMILES string of the molecule is COc1ccc(C2C3=CCC4C(=O)N(c5ccc(Nc6ccccc6)cc5)C(=O)C4C3CC3(Cl)C(=O)N(C)C(=O)C23Cl)cc1O. The number of imide groups is 2. The second-order valence-electron chi connectivity index (χ2n) is 12.0. The Bertz CT molecular complexity index is 1800. The molecule has 4 amide bonds. The number of allylic oxidation sites excluding steroid dienone is 2. The van der Waals surface area contributed by atoms with E-state index >= 15 is 0 Å². The van der Waals surface area contributed by atoms with Gasteiger partial charge in [0.05, 0.1) is 24.6 Å². The molecule has 1 saturated carbocycles. The fourth-order valence-electron chi connectivity index (χ4n) is 7.64. The molecule has 45 heavy (non-hydrogen) atoms. The molecule has 7 rings (SSSR count). The predicted molar refractivity (Wildman–Crippen MR) is 169 cm³/mol. The summed E-state index contributed by atoms with van der Waals surface area (Å²) in [7, 11) is 2.75. The first-order chi connectivity index (χ1) is 21.5. The fourth-order valence-corrected chi connectivity index (χ4v) is 8.66. The Kier molecular flexibility index (Phi) is 6.76. The summed E-state index contributed by atoms with van der Waals surface area (Å²) in [4.78, 5) is 53.7. The number of anilines is 3. The predicted octanol–water partition coefficient (Wildman–Crippen LogP) is 5.34. The number of hydrogen-bond acceptors (Lipinski definition) is 7. The number of methoxy groups -OCH3 is 1. The number of halogens is 2. The molecule has 0 spiro atoms. The van der Waals surface area contributed by atoms with Crippen LogP contribution in [0.3, 0.4) is 0 Å². The monoisotopic (exact) mass is 645 g/mol. The van der Waals surface area contributed by atoms with E-state index in [0.29, 0.717) is 16.8 Å². The minimum absolute atomic E-state index is 0.106. The topological polar surface area (TPSA) is 116 Å². The smallest absolute Gasteiger partial charge is 0.253 e. The molecular formula is C34H29Cl2N3O6. The molecule has 3 fully saturated rings. The molecule has 2 N–H and O–H groups in total. The van der Waals surface area contributed by atoms with Gasteiger partial charge in [0.25, 0.3) is 11.8 Å². The van der Waals surface area contributed by atoms with Crippen molar-refractivity contribution in [3.8, 4) is 11.5 Å². The van der Waals surface area contributed by atoms with E-state index in [1.165, 1.54) is 25.1 Å². The van der Waals surface area contributed by atoms with Crippen molar-refractivity contribution < 1.29 is 29.0 Å². The normalized spacial score (nSPS) is 30.5. The molecule has 0 radical (unpaired) electrons. The van der Waals surface area contributed by atoms with Crippen LogP contribution in [0.5, 0.6) is 11.5 Å². The number of rotatable bonds is 5. The maximum absolute atomic E-state index is 14.2. The minimum Gasteiger partial charge on any atom is -0.504 e. The van der Waals surface area contributed by atoms with Crippen LogP contribution in [0.2, 0.25) is 0 Å². The number of carbonyl (C=O) groups is 4. The number of fused-ring (bicyclic) bond motifs is 4. The van der Waals surface area contributed by atoms with Gasteiger partial charge in [-0.15, -0.1) is 23.2 Å². The van der Waals surface area contributed by atoms with Crippen LogP contribution in [0.25, 0.3) is 0 Å². The summed E-state index contributed by atoms with van der Waals surface area (Å²) in [5.41, 5.74) is 3.21. The van der Waals surface area contributed by atoms with E-state index < -0.39 is 51.1 Å². The summed E-state index contributed by atoms with van der Waals surface area (Å²) in [6, 6.07) is 21.3. The van der Waals surface area contributed by atoms with E-state index in [9.17, 15) is 24.3 Å². The fraction of sp³-hybridized carbons (Fsp3) is 0.294. The molecule has 9 nitrogen and oxygen atoms in total. The average molecular weight is 647 g/mol. The van der Waals surface area contributed by atoms with Gasteiger partial charge in [-0.05, 0) is 72.9 Å². The number of ether oxygens (including phenoxy) is 1. The van der Waals surface area contributed by atoms with Gasteiger partial charge in [-0.3, -0.25) is 29.0 Å². The number of amides is 4. The van der Waals surface area contributed by atoms with Gasteiger partial charge in [0.1, 0.15) is 0 Å². The zero-order valence-electron chi connectivity index (χ0n) is 24.4. The first-order valence-electron chi connectivity index (χ1n) is 14.6. The number of para-hydroxylation sites is 1. The van der Waals surface area contributed by atoms with Gasteiger partial charge in [0.2, 0.25) is 11.8 Å². The van der Waals surface area contributed by atoms with Crippen LogP contribution >= 0.6 is 23.2 Å². The van der Waals surface area contributed by atoms with Crippen molar-refractivity contribution in [3.05, 3.63) is 90.0 Å². The Labute approximate surface area is 269 Å². The highest BCUT2D eigenvalue weighted by atomic mass is 35.5. The second kappa shape index (κ2) is 10.4. The number of nitrogens with zero attached hydrogens (tertiary/aromatic N) is 2. The number of carbonyl (C=O) groups excluding carboxylic acids is 4. The van der Waals surface area contributed by atoms with Crippen LogP contribution in [0.15, 0.2) is 84.4 Å². The molecule has 2 saturated heterocycles. The summed E-state index contributed by atoms with van der Waals surface area (Å²) in [5.74, 6) is -5.14. The van der Waals surface area contributed by atoms with Crippen molar-refractivity contribution in [3.63, 3.8) is 0 Å². The average Bonchev–Trinajstić information content (AvgIpc) is 3.36. The Morgan fingerprint density at radius 2 is 1.58 bits per heavy atom. The zero-order chi connectivity index (χ0) is 31.8. The molecule has 2 aliphatic heterocycles. The maximum atomic E-state index is 14.2. The highest BCUT2D eigenvalue weighted by molar-refractivity contribution is 6.53. The minimum atomic E-state index is -1.93. The van der Waals surface area contributed by atoms with Gasteiger partial charge in [0.15, 0.2) is 21.2 Å². The lowest BCUT2D eigenvalue weighted by atomic mass is 9.56. The van der Waals surface area contributed by atoms with Crippen molar-refractivity contribution in [2.45, 2.75) is 28.5 Å². The van der Waals surface area contributed by atoms with Crippen LogP contribution in [0, 0.1) is 17.8 Å². The van der Waals surface area contributed by atoms with E-state index in [0.717, 1.165) is 16.3 Å². The maximum Gasteiger partial charge on any atom is 0.253 e. The molecule has 0 bridgehead atoms. The Hall–Kier alpha value is -4.34. The molecule has 11 heteroatoms. The molecule has 3 aromatic carbocycles. The van der Waals surface area contributed by atoms with Gasteiger partial charge >= 0.3 is 0 Å². The Morgan fingerprint density at radius 3 is 2.24 bits per heavy atom.